The Morgan fingerprint density at radius 2 is 1.93 bits per heavy atom. The third kappa shape index (κ3) is 5.51. The summed E-state index contributed by atoms with van der Waals surface area (Å²) in [5.74, 6) is 1.54. The van der Waals surface area contributed by atoms with Crippen molar-refractivity contribution in [2.75, 3.05) is 23.9 Å². The number of nitrogens with one attached hydrogen (secondary N) is 2. The van der Waals surface area contributed by atoms with Crippen molar-refractivity contribution >= 4 is 34.6 Å². The minimum atomic E-state index is 0.0981. The first-order valence-electron chi connectivity index (χ1n) is 10.5. The molecule has 1 unspecified atom stereocenters. The van der Waals surface area contributed by atoms with Crippen LogP contribution in [-0.2, 0) is 4.79 Å². The van der Waals surface area contributed by atoms with Crippen LogP contribution in [0.15, 0.2) is 42.5 Å². The highest BCUT2D eigenvalue weighted by Gasteiger charge is 2.23. The normalized spacial score (nSPS) is 14.7. The molecule has 1 fully saturated rings. The minimum Gasteiger partial charge on any atom is -0.497 e. The van der Waals surface area contributed by atoms with Gasteiger partial charge in [-0.1, -0.05) is 32.0 Å². The van der Waals surface area contributed by atoms with Gasteiger partial charge in [0.2, 0.25) is 5.91 Å². The Morgan fingerprint density at radius 3 is 2.53 bits per heavy atom. The summed E-state index contributed by atoms with van der Waals surface area (Å²) in [5, 5.41) is 7.33. The Balaban J connectivity index is 1.72. The lowest BCUT2D eigenvalue weighted by molar-refractivity contribution is -0.117. The van der Waals surface area contributed by atoms with Crippen LogP contribution in [0.3, 0.4) is 0 Å². The van der Waals surface area contributed by atoms with Crippen molar-refractivity contribution in [1.29, 1.82) is 0 Å². The summed E-state index contributed by atoms with van der Waals surface area (Å²) in [4.78, 5) is 14.0. The van der Waals surface area contributed by atoms with Crippen LogP contribution in [0.1, 0.15) is 50.3 Å². The Morgan fingerprint density at radius 1 is 1.20 bits per heavy atom. The fourth-order valence-corrected chi connectivity index (χ4v) is 4.05. The molecular weight excluding hydrogens is 394 g/mol. The van der Waals surface area contributed by atoms with Crippen molar-refractivity contribution in [3.63, 3.8) is 0 Å². The van der Waals surface area contributed by atoms with Crippen molar-refractivity contribution in [3.8, 4) is 5.75 Å². The smallest absolute Gasteiger partial charge is 0.227 e. The van der Waals surface area contributed by atoms with Crippen molar-refractivity contribution in [3.05, 3.63) is 53.6 Å². The number of methoxy groups -OCH3 is 1. The van der Waals surface area contributed by atoms with E-state index in [1.807, 2.05) is 42.2 Å². The lowest BCUT2D eigenvalue weighted by Crippen LogP contribution is -2.33. The number of rotatable bonds is 7. The third-order valence-electron chi connectivity index (χ3n) is 5.36. The van der Waals surface area contributed by atoms with Crippen molar-refractivity contribution in [2.24, 2.45) is 5.92 Å². The average Bonchev–Trinajstić information content (AvgIpc) is 3.14. The van der Waals surface area contributed by atoms with Gasteiger partial charge in [0.1, 0.15) is 5.75 Å². The average molecular weight is 426 g/mol. The summed E-state index contributed by atoms with van der Waals surface area (Å²) in [5.41, 5.74) is 4.09. The standard InChI is InChI=1S/C24H31N3O2S/c1-16(2)14-21(18-8-11-20(29-4)12-9-18)26-24(30)25-19-10-7-17(3)22(15-19)27-13-5-6-23(27)28/h7-12,15-16,21H,5-6,13-14H2,1-4H3,(H2,25,26,30). The number of benzene rings is 2. The van der Waals surface area contributed by atoms with Crippen LogP contribution in [0.25, 0.3) is 0 Å². The molecule has 1 aliphatic rings. The predicted octanol–water partition coefficient (Wildman–Crippen LogP) is 5.20. The van der Waals surface area contributed by atoms with Gasteiger partial charge in [-0.3, -0.25) is 4.79 Å². The molecule has 5 nitrogen and oxygen atoms in total. The second-order valence-electron chi connectivity index (χ2n) is 8.20. The second-order valence-corrected chi connectivity index (χ2v) is 8.61. The number of carbonyl (C=O) groups is 1. The molecule has 6 heteroatoms. The van der Waals surface area contributed by atoms with E-state index in [1.165, 1.54) is 5.56 Å². The first kappa shape index (κ1) is 22.1. The number of aryl methyl sites for hydroxylation is 1. The van der Waals surface area contributed by atoms with Gasteiger partial charge in [0.15, 0.2) is 5.11 Å². The highest BCUT2D eigenvalue weighted by Crippen LogP contribution is 2.29. The monoisotopic (exact) mass is 425 g/mol. The van der Waals surface area contributed by atoms with E-state index in [9.17, 15) is 4.79 Å². The molecule has 0 radical (unpaired) electrons. The largest absolute Gasteiger partial charge is 0.497 e. The summed E-state index contributed by atoms with van der Waals surface area (Å²) in [7, 11) is 1.67. The number of carbonyl (C=O) groups excluding carboxylic acids is 1. The van der Waals surface area contributed by atoms with E-state index in [4.69, 9.17) is 17.0 Å². The minimum absolute atomic E-state index is 0.0981. The van der Waals surface area contributed by atoms with Gasteiger partial charge in [0, 0.05) is 24.3 Å². The molecule has 160 valence electrons. The number of amides is 1. The molecule has 2 aromatic rings. The molecule has 30 heavy (non-hydrogen) atoms. The van der Waals surface area contributed by atoms with E-state index in [1.54, 1.807) is 7.11 Å². The molecule has 0 aromatic heterocycles. The van der Waals surface area contributed by atoms with Gasteiger partial charge in [0.25, 0.3) is 0 Å². The number of hydrogen-bond acceptors (Lipinski definition) is 3. The molecule has 1 heterocycles. The fourth-order valence-electron chi connectivity index (χ4n) is 3.79. The molecule has 2 N–H and O–H groups in total. The topological polar surface area (TPSA) is 53.6 Å². The lowest BCUT2D eigenvalue weighted by atomic mass is 9.97. The van der Waals surface area contributed by atoms with Crippen LogP contribution in [0.4, 0.5) is 11.4 Å². The van der Waals surface area contributed by atoms with Gasteiger partial charge in [-0.15, -0.1) is 0 Å². The summed E-state index contributed by atoms with van der Waals surface area (Å²) in [6.45, 7) is 7.21. The quantitative estimate of drug-likeness (QED) is 0.597. The van der Waals surface area contributed by atoms with E-state index in [0.29, 0.717) is 17.5 Å². The molecule has 1 saturated heterocycles. The van der Waals surface area contributed by atoms with Crippen molar-refractivity contribution in [1.82, 2.24) is 5.32 Å². The van der Waals surface area contributed by atoms with E-state index in [0.717, 1.165) is 42.1 Å². The van der Waals surface area contributed by atoms with Gasteiger partial charge in [-0.2, -0.15) is 0 Å². The first-order chi connectivity index (χ1) is 14.4. The Bertz CT molecular complexity index is 896. The first-order valence-corrected chi connectivity index (χ1v) is 10.9. The van der Waals surface area contributed by atoms with E-state index in [2.05, 4.69) is 36.6 Å². The maximum absolute atomic E-state index is 12.2. The SMILES string of the molecule is COc1ccc(C(CC(C)C)NC(=S)Nc2ccc(C)c(N3CCCC3=O)c2)cc1. The van der Waals surface area contributed by atoms with Gasteiger partial charge >= 0.3 is 0 Å². The van der Waals surface area contributed by atoms with E-state index in [-0.39, 0.29) is 11.9 Å². The molecule has 1 aliphatic heterocycles. The Kier molecular flexibility index (Phi) is 7.32. The maximum Gasteiger partial charge on any atom is 0.227 e. The van der Waals surface area contributed by atoms with Crippen LogP contribution in [-0.4, -0.2) is 24.7 Å². The number of anilines is 2. The van der Waals surface area contributed by atoms with Crippen LogP contribution < -0.4 is 20.3 Å². The molecule has 1 atom stereocenters. The summed E-state index contributed by atoms with van der Waals surface area (Å²) in [6, 6.07) is 14.2. The van der Waals surface area contributed by atoms with Crippen LogP contribution in [0.2, 0.25) is 0 Å². The van der Waals surface area contributed by atoms with Gasteiger partial charge in [0.05, 0.1) is 13.2 Å². The molecular formula is C24H31N3O2S. The number of hydrogen-bond donors (Lipinski definition) is 2. The summed E-state index contributed by atoms with van der Waals surface area (Å²) < 4.78 is 5.27. The molecule has 1 amide bonds. The van der Waals surface area contributed by atoms with Gasteiger partial charge < -0.3 is 20.3 Å². The molecule has 0 aliphatic carbocycles. The highest BCUT2D eigenvalue weighted by atomic mass is 32.1. The predicted molar refractivity (Wildman–Crippen MR) is 127 cm³/mol. The van der Waals surface area contributed by atoms with Gasteiger partial charge in [-0.25, -0.2) is 0 Å². The van der Waals surface area contributed by atoms with E-state index >= 15 is 0 Å². The second kappa shape index (κ2) is 9.94. The third-order valence-corrected chi connectivity index (χ3v) is 5.58. The number of nitrogens with zero attached hydrogens (tertiary/aromatic N) is 1. The Labute approximate surface area is 184 Å². The number of thiocarbonyl (C=S) groups is 1. The van der Waals surface area contributed by atoms with Crippen LogP contribution in [0.5, 0.6) is 5.75 Å². The van der Waals surface area contributed by atoms with Gasteiger partial charge in [-0.05, 0) is 73.3 Å². The number of ether oxygens (including phenoxy) is 1. The highest BCUT2D eigenvalue weighted by molar-refractivity contribution is 7.80. The van der Waals surface area contributed by atoms with Crippen LogP contribution >= 0.6 is 12.2 Å². The summed E-state index contributed by atoms with van der Waals surface area (Å²) in [6.07, 6.45) is 2.49. The zero-order valence-corrected chi connectivity index (χ0v) is 19.0. The summed E-state index contributed by atoms with van der Waals surface area (Å²) >= 11 is 5.62. The molecule has 0 bridgehead atoms. The van der Waals surface area contributed by atoms with E-state index < -0.39 is 0 Å². The van der Waals surface area contributed by atoms with Crippen molar-refractivity contribution < 1.29 is 9.53 Å². The molecule has 0 spiro atoms. The maximum atomic E-state index is 12.2. The lowest BCUT2D eigenvalue weighted by Gasteiger charge is -2.24. The van der Waals surface area contributed by atoms with Crippen molar-refractivity contribution in [2.45, 2.75) is 46.1 Å². The Hall–Kier alpha value is -2.60. The fraction of sp³-hybridized carbons (Fsp3) is 0.417. The molecule has 3 rings (SSSR count). The zero-order chi connectivity index (χ0) is 21.7. The van der Waals surface area contributed by atoms with Crippen LogP contribution in [0, 0.1) is 12.8 Å². The molecule has 2 aromatic carbocycles. The molecule has 0 saturated carbocycles. The zero-order valence-electron chi connectivity index (χ0n) is 18.2.